The van der Waals surface area contributed by atoms with E-state index in [1.165, 1.54) is 5.56 Å². The van der Waals surface area contributed by atoms with E-state index in [9.17, 15) is 5.11 Å². The van der Waals surface area contributed by atoms with Gasteiger partial charge in [0, 0.05) is 37.6 Å². The van der Waals surface area contributed by atoms with Crippen molar-refractivity contribution >= 4 is 0 Å². The van der Waals surface area contributed by atoms with Crippen LogP contribution in [0.2, 0.25) is 0 Å². The van der Waals surface area contributed by atoms with Crippen LogP contribution in [-0.4, -0.2) is 28.1 Å². The van der Waals surface area contributed by atoms with Gasteiger partial charge in [0.25, 0.3) is 0 Å². The van der Waals surface area contributed by atoms with Crippen molar-refractivity contribution in [3.63, 3.8) is 0 Å². The smallest absolute Gasteiger partial charge is 0.123 e. The zero-order valence-corrected chi connectivity index (χ0v) is 13.8. The molecule has 1 aromatic heterocycles. The highest BCUT2D eigenvalue weighted by Gasteiger charge is 2.19. The van der Waals surface area contributed by atoms with Gasteiger partial charge in [-0.05, 0) is 35.2 Å². The number of rotatable bonds is 4. The Morgan fingerprint density at radius 3 is 2.91 bits per heavy atom. The highest BCUT2D eigenvalue weighted by Crippen LogP contribution is 2.29. The Hall–Kier alpha value is -1.91. The second-order valence-corrected chi connectivity index (χ2v) is 6.48. The molecule has 1 aliphatic rings. The third-order valence-corrected chi connectivity index (χ3v) is 4.25. The summed E-state index contributed by atoms with van der Waals surface area (Å²) < 4.78 is 5.87. The zero-order chi connectivity index (χ0) is 16.2. The summed E-state index contributed by atoms with van der Waals surface area (Å²) in [7, 11) is 0. The van der Waals surface area contributed by atoms with Crippen molar-refractivity contribution < 1.29 is 9.84 Å². The van der Waals surface area contributed by atoms with Crippen molar-refractivity contribution in [1.82, 2.24) is 9.88 Å². The van der Waals surface area contributed by atoms with Gasteiger partial charge < -0.3 is 9.84 Å². The SMILES string of the molecule is CC(C)C(O)c1ccc2c(c1)CN(Cc1cccnc1)CCO2. The maximum absolute atomic E-state index is 10.3. The van der Waals surface area contributed by atoms with Crippen LogP contribution < -0.4 is 4.74 Å². The molecule has 122 valence electrons. The van der Waals surface area contributed by atoms with E-state index in [1.54, 1.807) is 6.20 Å². The van der Waals surface area contributed by atoms with E-state index < -0.39 is 6.10 Å². The number of fused-ring (bicyclic) bond motifs is 1. The number of aromatic nitrogens is 1. The fourth-order valence-electron chi connectivity index (χ4n) is 2.92. The second kappa shape index (κ2) is 7.11. The molecule has 1 unspecified atom stereocenters. The molecule has 1 aromatic carbocycles. The number of hydrogen-bond donors (Lipinski definition) is 1. The average molecular weight is 312 g/mol. The summed E-state index contributed by atoms with van der Waals surface area (Å²) in [5.41, 5.74) is 3.31. The van der Waals surface area contributed by atoms with Crippen molar-refractivity contribution in [3.8, 4) is 5.75 Å². The molecule has 1 N–H and O–H groups in total. The normalized spacial score (nSPS) is 16.5. The van der Waals surface area contributed by atoms with Gasteiger partial charge in [-0.25, -0.2) is 0 Å². The Morgan fingerprint density at radius 1 is 1.30 bits per heavy atom. The van der Waals surface area contributed by atoms with Crippen molar-refractivity contribution in [3.05, 3.63) is 59.4 Å². The Bertz CT molecular complexity index is 643. The zero-order valence-electron chi connectivity index (χ0n) is 13.8. The van der Waals surface area contributed by atoms with E-state index in [0.29, 0.717) is 6.61 Å². The van der Waals surface area contributed by atoms with Crippen molar-refractivity contribution in [2.24, 2.45) is 5.92 Å². The van der Waals surface area contributed by atoms with E-state index in [4.69, 9.17) is 4.74 Å². The number of aliphatic hydroxyl groups is 1. The minimum Gasteiger partial charge on any atom is -0.492 e. The monoisotopic (exact) mass is 312 g/mol. The Morgan fingerprint density at radius 2 is 2.17 bits per heavy atom. The Kier molecular flexibility index (Phi) is 4.94. The lowest BCUT2D eigenvalue weighted by atomic mass is 9.97. The third kappa shape index (κ3) is 3.89. The van der Waals surface area contributed by atoms with Crippen LogP contribution in [0.25, 0.3) is 0 Å². The van der Waals surface area contributed by atoms with Crippen LogP contribution in [0.3, 0.4) is 0 Å². The van der Waals surface area contributed by atoms with Crippen molar-refractivity contribution in [2.45, 2.75) is 33.0 Å². The maximum Gasteiger partial charge on any atom is 0.123 e. The van der Waals surface area contributed by atoms with E-state index in [2.05, 4.69) is 22.0 Å². The molecule has 3 rings (SSSR count). The van der Waals surface area contributed by atoms with Gasteiger partial charge in [-0.2, -0.15) is 0 Å². The molecule has 0 amide bonds. The molecule has 0 saturated carbocycles. The first-order chi connectivity index (χ1) is 11.1. The molecule has 0 saturated heterocycles. The Labute approximate surface area is 137 Å². The van der Waals surface area contributed by atoms with Crippen LogP contribution in [0.15, 0.2) is 42.7 Å². The maximum atomic E-state index is 10.3. The molecule has 1 atom stereocenters. The highest BCUT2D eigenvalue weighted by molar-refractivity contribution is 5.38. The number of pyridine rings is 1. The van der Waals surface area contributed by atoms with Crippen LogP contribution in [0.4, 0.5) is 0 Å². The molecule has 1 aliphatic heterocycles. The fraction of sp³-hybridized carbons (Fsp3) is 0.421. The number of aliphatic hydroxyl groups excluding tert-OH is 1. The molecule has 0 radical (unpaired) electrons. The van der Waals surface area contributed by atoms with Crippen molar-refractivity contribution in [2.75, 3.05) is 13.2 Å². The van der Waals surface area contributed by atoms with Crippen molar-refractivity contribution in [1.29, 1.82) is 0 Å². The molecule has 0 fully saturated rings. The lowest BCUT2D eigenvalue weighted by Gasteiger charge is -2.20. The van der Waals surface area contributed by atoms with Gasteiger partial charge in [-0.1, -0.05) is 26.0 Å². The number of nitrogens with zero attached hydrogens (tertiary/aromatic N) is 2. The molecular formula is C19H24N2O2. The van der Waals surface area contributed by atoms with Crippen LogP contribution >= 0.6 is 0 Å². The number of hydrogen-bond acceptors (Lipinski definition) is 4. The summed E-state index contributed by atoms with van der Waals surface area (Å²) in [4.78, 5) is 6.54. The summed E-state index contributed by atoms with van der Waals surface area (Å²) in [5.74, 6) is 1.13. The first kappa shape index (κ1) is 16.0. The molecule has 2 heterocycles. The second-order valence-electron chi connectivity index (χ2n) is 6.48. The predicted octanol–water partition coefficient (Wildman–Crippen LogP) is 3.17. The minimum absolute atomic E-state index is 0.200. The molecule has 0 spiro atoms. The molecule has 23 heavy (non-hydrogen) atoms. The number of benzene rings is 1. The standard InChI is InChI=1S/C19H24N2O2/c1-14(2)19(22)16-5-6-18-17(10-16)13-21(8-9-23-18)12-15-4-3-7-20-11-15/h3-7,10-11,14,19,22H,8-9,12-13H2,1-2H3. The summed E-state index contributed by atoms with van der Waals surface area (Å²) in [6.07, 6.45) is 3.27. The molecule has 4 nitrogen and oxygen atoms in total. The van der Waals surface area contributed by atoms with Crippen LogP contribution in [0.5, 0.6) is 5.75 Å². The molecule has 0 bridgehead atoms. The van der Waals surface area contributed by atoms with E-state index in [0.717, 1.165) is 36.5 Å². The van der Waals surface area contributed by atoms with E-state index in [1.807, 2.05) is 38.2 Å². The van der Waals surface area contributed by atoms with Gasteiger partial charge in [0.15, 0.2) is 0 Å². The summed E-state index contributed by atoms with van der Waals surface area (Å²) in [5, 5.41) is 10.3. The van der Waals surface area contributed by atoms with Crippen LogP contribution in [0.1, 0.15) is 36.6 Å². The average Bonchev–Trinajstić information content (AvgIpc) is 2.75. The van der Waals surface area contributed by atoms with Gasteiger partial charge in [0.1, 0.15) is 12.4 Å². The summed E-state index contributed by atoms with van der Waals surface area (Å²) in [6.45, 7) is 7.30. The molecular weight excluding hydrogens is 288 g/mol. The first-order valence-electron chi connectivity index (χ1n) is 8.18. The topological polar surface area (TPSA) is 45.6 Å². The van der Waals surface area contributed by atoms with Crippen LogP contribution in [-0.2, 0) is 13.1 Å². The quantitative estimate of drug-likeness (QED) is 0.942. The highest BCUT2D eigenvalue weighted by atomic mass is 16.5. The largest absolute Gasteiger partial charge is 0.492 e. The van der Waals surface area contributed by atoms with E-state index in [-0.39, 0.29) is 5.92 Å². The van der Waals surface area contributed by atoms with E-state index >= 15 is 0 Å². The minimum atomic E-state index is -0.435. The van der Waals surface area contributed by atoms with Gasteiger partial charge >= 0.3 is 0 Å². The molecule has 0 aliphatic carbocycles. The lowest BCUT2D eigenvalue weighted by Crippen LogP contribution is -2.25. The third-order valence-electron chi connectivity index (χ3n) is 4.25. The number of ether oxygens (including phenoxy) is 1. The summed E-state index contributed by atoms with van der Waals surface area (Å²) >= 11 is 0. The Balaban J connectivity index is 1.79. The predicted molar refractivity (Wildman–Crippen MR) is 90.1 cm³/mol. The molecule has 2 aromatic rings. The molecule has 4 heteroatoms. The van der Waals surface area contributed by atoms with Gasteiger partial charge in [-0.3, -0.25) is 9.88 Å². The fourth-order valence-corrected chi connectivity index (χ4v) is 2.92. The van der Waals surface area contributed by atoms with Gasteiger partial charge in [-0.15, -0.1) is 0 Å². The van der Waals surface area contributed by atoms with Crippen LogP contribution in [0, 0.1) is 5.92 Å². The van der Waals surface area contributed by atoms with Gasteiger partial charge in [0.2, 0.25) is 0 Å². The van der Waals surface area contributed by atoms with Gasteiger partial charge in [0.05, 0.1) is 6.10 Å². The first-order valence-corrected chi connectivity index (χ1v) is 8.18. The lowest BCUT2D eigenvalue weighted by molar-refractivity contribution is 0.126. The summed E-state index contributed by atoms with van der Waals surface area (Å²) in [6, 6.07) is 10.1.